The van der Waals surface area contributed by atoms with Crippen molar-refractivity contribution in [3.63, 3.8) is 0 Å². The van der Waals surface area contributed by atoms with Crippen LogP contribution in [0.5, 0.6) is 0 Å². The fourth-order valence-corrected chi connectivity index (χ4v) is 2.47. The second-order valence-electron chi connectivity index (χ2n) is 4.55. The SMILES string of the molecule is C[C@@H]1C[C@@H](C[C@H](C)C(=O)Nc2nncs2)C(=O)O1. The Morgan fingerprint density at radius 2 is 2.50 bits per heavy atom. The molecule has 2 rings (SSSR count). The maximum Gasteiger partial charge on any atom is 0.309 e. The molecule has 0 aromatic carbocycles. The summed E-state index contributed by atoms with van der Waals surface area (Å²) in [4.78, 5) is 23.3. The van der Waals surface area contributed by atoms with E-state index in [4.69, 9.17) is 4.74 Å². The van der Waals surface area contributed by atoms with E-state index in [0.717, 1.165) is 0 Å². The first-order valence-electron chi connectivity index (χ1n) is 5.83. The van der Waals surface area contributed by atoms with Gasteiger partial charge in [0.25, 0.3) is 0 Å². The lowest BCUT2D eigenvalue weighted by Crippen LogP contribution is -2.24. The first kappa shape index (κ1) is 12.9. The Morgan fingerprint density at radius 3 is 3.06 bits per heavy atom. The molecule has 98 valence electrons. The molecular formula is C11H15N3O3S. The number of rotatable bonds is 4. The molecule has 0 bridgehead atoms. The predicted molar refractivity (Wildman–Crippen MR) is 66.0 cm³/mol. The van der Waals surface area contributed by atoms with Crippen molar-refractivity contribution in [3.8, 4) is 0 Å². The van der Waals surface area contributed by atoms with Crippen molar-refractivity contribution in [3.05, 3.63) is 5.51 Å². The van der Waals surface area contributed by atoms with E-state index in [1.54, 1.807) is 12.4 Å². The summed E-state index contributed by atoms with van der Waals surface area (Å²) in [5.74, 6) is -0.760. The molecule has 1 N–H and O–H groups in total. The molecule has 1 aromatic heterocycles. The number of hydrogen-bond donors (Lipinski definition) is 1. The topological polar surface area (TPSA) is 81.2 Å². The smallest absolute Gasteiger partial charge is 0.309 e. The third-order valence-electron chi connectivity index (χ3n) is 2.94. The van der Waals surface area contributed by atoms with Gasteiger partial charge in [-0.1, -0.05) is 18.3 Å². The number of carbonyl (C=O) groups is 2. The van der Waals surface area contributed by atoms with Crippen LogP contribution in [0.2, 0.25) is 0 Å². The average Bonchev–Trinajstić information content (AvgIpc) is 2.89. The number of aromatic nitrogens is 2. The summed E-state index contributed by atoms with van der Waals surface area (Å²) in [7, 11) is 0. The molecule has 1 saturated heterocycles. The van der Waals surface area contributed by atoms with Crippen molar-refractivity contribution in [2.45, 2.75) is 32.8 Å². The van der Waals surface area contributed by atoms with Gasteiger partial charge in [0.05, 0.1) is 12.0 Å². The highest BCUT2D eigenvalue weighted by Gasteiger charge is 2.34. The summed E-state index contributed by atoms with van der Waals surface area (Å²) in [5, 5.41) is 10.5. The van der Waals surface area contributed by atoms with Crippen LogP contribution in [-0.4, -0.2) is 28.2 Å². The van der Waals surface area contributed by atoms with Gasteiger partial charge < -0.3 is 10.1 Å². The van der Waals surface area contributed by atoms with Crippen LogP contribution in [0.3, 0.4) is 0 Å². The Morgan fingerprint density at radius 1 is 1.72 bits per heavy atom. The van der Waals surface area contributed by atoms with E-state index in [2.05, 4.69) is 15.5 Å². The number of nitrogens with zero attached hydrogens (tertiary/aromatic N) is 2. The number of hydrogen-bond acceptors (Lipinski definition) is 6. The third kappa shape index (κ3) is 3.04. The number of carbonyl (C=O) groups excluding carboxylic acids is 2. The molecule has 1 aliphatic heterocycles. The average molecular weight is 269 g/mol. The maximum atomic E-state index is 11.9. The van der Waals surface area contributed by atoms with Crippen molar-refractivity contribution in [1.29, 1.82) is 0 Å². The van der Waals surface area contributed by atoms with Gasteiger partial charge >= 0.3 is 5.97 Å². The molecular weight excluding hydrogens is 254 g/mol. The zero-order valence-corrected chi connectivity index (χ0v) is 11.1. The van der Waals surface area contributed by atoms with Crippen LogP contribution in [0.15, 0.2) is 5.51 Å². The Labute approximate surface area is 109 Å². The Bertz CT molecular complexity index is 435. The van der Waals surface area contributed by atoms with Crippen LogP contribution >= 0.6 is 11.3 Å². The summed E-state index contributed by atoms with van der Waals surface area (Å²) in [6, 6.07) is 0. The fourth-order valence-electron chi connectivity index (χ4n) is 2.02. The number of amides is 1. The Kier molecular flexibility index (Phi) is 3.90. The largest absolute Gasteiger partial charge is 0.462 e. The van der Waals surface area contributed by atoms with Crippen LogP contribution in [0.1, 0.15) is 26.7 Å². The van der Waals surface area contributed by atoms with E-state index in [1.165, 1.54) is 11.3 Å². The fraction of sp³-hybridized carbons (Fsp3) is 0.636. The lowest BCUT2D eigenvalue weighted by Gasteiger charge is -2.12. The molecule has 0 saturated carbocycles. The van der Waals surface area contributed by atoms with Crippen LogP contribution in [0.4, 0.5) is 5.13 Å². The van der Waals surface area contributed by atoms with E-state index >= 15 is 0 Å². The number of ether oxygens (including phenoxy) is 1. The van der Waals surface area contributed by atoms with Crippen LogP contribution in [0, 0.1) is 11.8 Å². The standard InChI is InChI=1S/C11H15N3O3S/c1-6(3-8-4-7(2)17-10(8)16)9(15)13-11-14-12-5-18-11/h5-8H,3-4H2,1-2H3,(H,13,14,15)/t6-,7+,8+/m0/s1. The second-order valence-corrected chi connectivity index (χ2v) is 5.38. The monoisotopic (exact) mass is 269 g/mol. The first-order chi connectivity index (χ1) is 8.56. The van der Waals surface area contributed by atoms with Crippen molar-refractivity contribution in [2.75, 3.05) is 5.32 Å². The summed E-state index contributed by atoms with van der Waals surface area (Å²) >= 11 is 1.27. The normalized spacial score (nSPS) is 24.7. The predicted octanol–water partition coefficient (Wildman–Crippen LogP) is 1.45. The summed E-state index contributed by atoms with van der Waals surface area (Å²) in [5.41, 5.74) is 1.55. The van der Waals surface area contributed by atoms with Gasteiger partial charge in [-0.15, -0.1) is 10.2 Å². The van der Waals surface area contributed by atoms with Gasteiger partial charge in [-0.25, -0.2) is 0 Å². The van der Waals surface area contributed by atoms with Crippen molar-refractivity contribution >= 4 is 28.3 Å². The molecule has 1 aromatic rings. The lowest BCUT2D eigenvalue weighted by molar-refractivity contribution is -0.144. The van der Waals surface area contributed by atoms with Gasteiger partial charge in [0, 0.05) is 5.92 Å². The number of esters is 1. The van der Waals surface area contributed by atoms with Gasteiger partial charge in [0.1, 0.15) is 5.51 Å². The zero-order chi connectivity index (χ0) is 13.1. The maximum absolute atomic E-state index is 11.9. The van der Waals surface area contributed by atoms with Gasteiger partial charge in [-0.05, 0) is 19.8 Å². The molecule has 1 aliphatic rings. The minimum Gasteiger partial charge on any atom is -0.462 e. The van der Waals surface area contributed by atoms with Gasteiger partial charge in [0.15, 0.2) is 0 Å². The number of cyclic esters (lactones) is 1. The first-order valence-corrected chi connectivity index (χ1v) is 6.71. The molecule has 2 heterocycles. The highest BCUT2D eigenvalue weighted by atomic mass is 32.1. The summed E-state index contributed by atoms with van der Waals surface area (Å²) < 4.78 is 5.07. The molecule has 0 spiro atoms. The van der Waals surface area contributed by atoms with Crippen molar-refractivity contribution < 1.29 is 14.3 Å². The summed E-state index contributed by atoms with van der Waals surface area (Å²) in [6.45, 7) is 3.66. The Balaban J connectivity index is 1.86. The van der Waals surface area contributed by atoms with Gasteiger partial charge in [-0.2, -0.15) is 0 Å². The molecule has 6 nitrogen and oxygen atoms in total. The molecule has 18 heavy (non-hydrogen) atoms. The summed E-state index contributed by atoms with van der Waals surface area (Å²) in [6.07, 6.45) is 1.16. The van der Waals surface area contributed by atoms with E-state index in [1.807, 2.05) is 6.92 Å². The quantitative estimate of drug-likeness (QED) is 0.837. The van der Waals surface area contributed by atoms with Crippen molar-refractivity contribution in [1.82, 2.24) is 10.2 Å². The van der Waals surface area contributed by atoms with E-state index in [0.29, 0.717) is 18.0 Å². The van der Waals surface area contributed by atoms with Crippen LogP contribution < -0.4 is 5.32 Å². The third-order valence-corrected chi connectivity index (χ3v) is 3.55. The molecule has 7 heteroatoms. The molecule has 1 fully saturated rings. The van der Waals surface area contributed by atoms with E-state index in [-0.39, 0.29) is 29.8 Å². The Hall–Kier alpha value is -1.50. The number of anilines is 1. The minimum atomic E-state index is -0.253. The highest BCUT2D eigenvalue weighted by molar-refractivity contribution is 7.13. The molecule has 0 aliphatic carbocycles. The second kappa shape index (κ2) is 5.43. The lowest BCUT2D eigenvalue weighted by atomic mass is 9.93. The van der Waals surface area contributed by atoms with Gasteiger partial charge in [0.2, 0.25) is 11.0 Å². The zero-order valence-electron chi connectivity index (χ0n) is 10.3. The molecule has 0 unspecified atom stereocenters. The minimum absolute atomic E-state index is 0.0408. The molecule has 1 amide bonds. The molecule has 3 atom stereocenters. The van der Waals surface area contributed by atoms with Crippen LogP contribution in [0.25, 0.3) is 0 Å². The van der Waals surface area contributed by atoms with Crippen LogP contribution in [-0.2, 0) is 14.3 Å². The van der Waals surface area contributed by atoms with E-state index in [9.17, 15) is 9.59 Å². The van der Waals surface area contributed by atoms with E-state index < -0.39 is 0 Å². The van der Waals surface area contributed by atoms with Gasteiger partial charge in [-0.3, -0.25) is 9.59 Å². The van der Waals surface area contributed by atoms with Crippen molar-refractivity contribution in [2.24, 2.45) is 11.8 Å². The molecule has 0 radical (unpaired) electrons. The number of nitrogens with one attached hydrogen (secondary N) is 1. The highest BCUT2D eigenvalue weighted by Crippen LogP contribution is 2.27.